The molecule has 1 saturated carbocycles. The smallest absolute Gasteiger partial charge is 0.305 e. The maximum absolute atomic E-state index is 12.4. The third-order valence-electron chi connectivity index (χ3n) is 3.22. The first kappa shape index (κ1) is 13.9. The molecule has 102 valence electrons. The van der Waals surface area contributed by atoms with E-state index < -0.39 is 5.97 Å². The molecular weight excluding hydrogens is 266 g/mol. The van der Waals surface area contributed by atoms with Crippen LogP contribution in [0, 0.1) is 6.92 Å². The zero-order chi connectivity index (χ0) is 14.0. The molecule has 0 aliphatic heterocycles. The van der Waals surface area contributed by atoms with E-state index in [0.29, 0.717) is 10.6 Å². The second kappa shape index (κ2) is 5.61. The number of benzene rings is 1. The SMILES string of the molecule is Cc1cc(C(=O)N(CCC(=O)O)C2CC2)ccc1Cl. The van der Waals surface area contributed by atoms with Gasteiger partial charge in [0.1, 0.15) is 0 Å². The van der Waals surface area contributed by atoms with Gasteiger partial charge in [0, 0.05) is 23.2 Å². The molecular formula is C14H16ClNO3. The van der Waals surface area contributed by atoms with Crippen molar-refractivity contribution < 1.29 is 14.7 Å². The number of hydrogen-bond donors (Lipinski definition) is 1. The van der Waals surface area contributed by atoms with E-state index in [1.54, 1.807) is 23.1 Å². The van der Waals surface area contributed by atoms with E-state index in [1.807, 2.05) is 6.92 Å². The summed E-state index contributed by atoms with van der Waals surface area (Å²) in [4.78, 5) is 24.7. The van der Waals surface area contributed by atoms with Gasteiger partial charge in [-0.1, -0.05) is 11.6 Å². The lowest BCUT2D eigenvalue weighted by Gasteiger charge is -2.22. The highest BCUT2D eigenvalue weighted by atomic mass is 35.5. The number of carbonyl (C=O) groups is 2. The summed E-state index contributed by atoms with van der Waals surface area (Å²) in [5.74, 6) is -0.991. The Labute approximate surface area is 117 Å². The maximum Gasteiger partial charge on any atom is 0.305 e. The first-order valence-electron chi connectivity index (χ1n) is 6.28. The molecule has 0 radical (unpaired) electrons. The summed E-state index contributed by atoms with van der Waals surface area (Å²) in [6, 6.07) is 5.34. The minimum absolute atomic E-state index is 0.0190. The summed E-state index contributed by atoms with van der Waals surface area (Å²) in [6.45, 7) is 2.11. The minimum atomic E-state index is -0.884. The first-order valence-corrected chi connectivity index (χ1v) is 6.65. The summed E-state index contributed by atoms with van der Waals surface area (Å²) in [5.41, 5.74) is 1.42. The van der Waals surface area contributed by atoms with Gasteiger partial charge in [0.2, 0.25) is 0 Å². The van der Waals surface area contributed by atoms with Crippen LogP contribution in [-0.4, -0.2) is 34.5 Å². The van der Waals surface area contributed by atoms with Gasteiger partial charge >= 0.3 is 5.97 Å². The zero-order valence-electron chi connectivity index (χ0n) is 10.7. The van der Waals surface area contributed by atoms with Crippen molar-refractivity contribution in [2.75, 3.05) is 6.54 Å². The van der Waals surface area contributed by atoms with E-state index >= 15 is 0 Å². The van der Waals surface area contributed by atoms with Crippen LogP contribution in [0.15, 0.2) is 18.2 Å². The summed E-state index contributed by atoms with van der Waals surface area (Å²) in [7, 11) is 0. The monoisotopic (exact) mass is 281 g/mol. The number of aliphatic carboxylic acids is 1. The molecule has 2 rings (SSSR count). The van der Waals surface area contributed by atoms with E-state index in [0.717, 1.165) is 18.4 Å². The summed E-state index contributed by atoms with van der Waals surface area (Å²) < 4.78 is 0. The molecule has 1 amide bonds. The van der Waals surface area contributed by atoms with Crippen molar-refractivity contribution in [3.05, 3.63) is 34.3 Å². The van der Waals surface area contributed by atoms with Gasteiger partial charge in [0.05, 0.1) is 6.42 Å². The zero-order valence-corrected chi connectivity index (χ0v) is 11.5. The van der Waals surface area contributed by atoms with Gasteiger partial charge in [-0.15, -0.1) is 0 Å². The van der Waals surface area contributed by atoms with E-state index in [4.69, 9.17) is 16.7 Å². The molecule has 0 spiro atoms. The van der Waals surface area contributed by atoms with Crippen molar-refractivity contribution in [3.8, 4) is 0 Å². The fraction of sp³-hybridized carbons (Fsp3) is 0.429. The van der Waals surface area contributed by atoms with Crippen molar-refractivity contribution in [1.82, 2.24) is 4.90 Å². The van der Waals surface area contributed by atoms with E-state index in [2.05, 4.69) is 0 Å². The van der Waals surface area contributed by atoms with Crippen molar-refractivity contribution >= 4 is 23.5 Å². The molecule has 4 nitrogen and oxygen atoms in total. The molecule has 1 fully saturated rings. The number of hydrogen-bond acceptors (Lipinski definition) is 2. The average molecular weight is 282 g/mol. The first-order chi connectivity index (χ1) is 8.99. The Kier molecular flexibility index (Phi) is 4.10. The topological polar surface area (TPSA) is 57.6 Å². The molecule has 0 unspecified atom stereocenters. The Hall–Kier alpha value is -1.55. The number of rotatable bonds is 5. The molecule has 5 heteroatoms. The molecule has 0 heterocycles. The summed E-state index contributed by atoms with van der Waals surface area (Å²) in [6.07, 6.45) is 1.89. The third-order valence-corrected chi connectivity index (χ3v) is 3.64. The van der Waals surface area contributed by atoms with E-state index in [1.165, 1.54) is 0 Å². The van der Waals surface area contributed by atoms with Gasteiger partial charge in [-0.25, -0.2) is 0 Å². The minimum Gasteiger partial charge on any atom is -0.481 e. The number of carboxylic acids is 1. The highest BCUT2D eigenvalue weighted by Crippen LogP contribution is 2.29. The van der Waals surface area contributed by atoms with Crippen LogP contribution < -0.4 is 0 Å². The van der Waals surface area contributed by atoms with Gasteiger partial charge in [0.15, 0.2) is 0 Å². The lowest BCUT2D eigenvalue weighted by atomic mass is 10.1. The van der Waals surface area contributed by atoms with Crippen LogP contribution in [0.25, 0.3) is 0 Å². The molecule has 1 aromatic rings. The number of amides is 1. The van der Waals surface area contributed by atoms with Gasteiger partial charge in [0.25, 0.3) is 5.91 Å². The normalized spacial score (nSPS) is 14.2. The van der Waals surface area contributed by atoms with Crippen LogP contribution in [0.1, 0.15) is 35.2 Å². The van der Waals surface area contributed by atoms with Crippen molar-refractivity contribution in [2.24, 2.45) is 0 Å². The van der Waals surface area contributed by atoms with Gasteiger partial charge in [-0.05, 0) is 43.5 Å². The van der Waals surface area contributed by atoms with Crippen molar-refractivity contribution in [2.45, 2.75) is 32.2 Å². The lowest BCUT2D eigenvalue weighted by Crippen LogP contribution is -2.35. The molecule has 0 atom stereocenters. The number of carboxylic acid groups (broad SMARTS) is 1. The molecule has 1 aromatic carbocycles. The third kappa shape index (κ3) is 3.47. The molecule has 1 N–H and O–H groups in total. The van der Waals surface area contributed by atoms with Crippen LogP contribution >= 0.6 is 11.6 Å². The van der Waals surface area contributed by atoms with Crippen LogP contribution in [0.4, 0.5) is 0 Å². The van der Waals surface area contributed by atoms with Crippen LogP contribution in [0.2, 0.25) is 5.02 Å². The molecule has 0 aromatic heterocycles. The quantitative estimate of drug-likeness (QED) is 0.903. The average Bonchev–Trinajstić information content (AvgIpc) is 3.16. The molecule has 19 heavy (non-hydrogen) atoms. The van der Waals surface area contributed by atoms with Gasteiger partial charge in [-0.2, -0.15) is 0 Å². The highest BCUT2D eigenvalue weighted by molar-refractivity contribution is 6.31. The lowest BCUT2D eigenvalue weighted by molar-refractivity contribution is -0.137. The van der Waals surface area contributed by atoms with Crippen LogP contribution in [-0.2, 0) is 4.79 Å². The van der Waals surface area contributed by atoms with Crippen molar-refractivity contribution in [1.29, 1.82) is 0 Å². The fourth-order valence-corrected chi connectivity index (χ4v) is 2.11. The maximum atomic E-state index is 12.4. The summed E-state index contributed by atoms with van der Waals surface area (Å²) in [5, 5.41) is 9.37. The second-order valence-corrected chi connectivity index (χ2v) is 5.24. The predicted octanol–water partition coefficient (Wildman–Crippen LogP) is 2.73. The fourth-order valence-electron chi connectivity index (χ4n) is 2.00. The number of carbonyl (C=O) groups excluding carboxylic acids is 1. The van der Waals surface area contributed by atoms with E-state index in [9.17, 15) is 9.59 Å². The number of nitrogens with zero attached hydrogens (tertiary/aromatic N) is 1. The number of halogens is 1. The Morgan fingerprint density at radius 3 is 2.63 bits per heavy atom. The second-order valence-electron chi connectivity index (χ2n) is 4.84. The van der Waals surface area contributed by atoms with E-state index in [-0.39, 0.29) is 24.9 Å². The van der Waals surface area contributed by atoms with Crippen LogP contribution in [0.3, 0.4) is 0 Å². The molecule has 0 bridgehead atoms. The number of aryl methyl sites for hydroxylation is 1. The Balaban J connectivity index is 2.14. The standard InChI is InChI=1S/C14H16ClNO3/c1-9-8-10(2-5-12(9)15)14(19)16(11-3-4-11)7-6-13(17)18/h2,5,8,11H,3-4,6-7H2,1H3,(H,17,18). The Morgan fingerprint density at radius 2 is 2.11 bits per heavy atom. The van der Waals surface area contributed by atoms with Gasteiger partial charge in [-0.3, -0.25) is 9.59 Å². The molecule has 1 aliphatic carbocycles. The highest BCUT2D eigenvalue weighted by Gasteiger charge is 2.33. The largest absolute Gasteiger partial charge is 0.481 e. The predicted molar refractivity (Wildman–Crippen MR) is 72.5 cm³/mol. The van der Waals surface area contributed by atoms with Crippen molar-refractivity contribution in [3.63, 3.8) is 0 Å². The van der Waals surface area contributed by atoms with Crippen LogP contribution in [0.5, 0.6) is 0 Å². The van der Waals surface area contributed by atoms with Gasteiger partial charge < -0.3 is 10.0 Å². The molecule has 1 aliphatic rings. The Bertz CT molecular complexity index is 511. The summed E-state index contributed by atoms with van der Waals surface area (Å²) >= 11 is 5.94. The molecule has 0 saturated heterocycles. The Morgan fingerprint density at radius 1 is 1.42 bits per heavy atom.